The molecule has 0 bridgehead atoms. The summed E-state index contributed by atoms with van der Waals surface area (Å²) in [6.45, 7) is 0. The molecule has 1 aliphatic rings. The third-order valence-corrected chi connectivity index (χ3v) is 5.09. The predicted molar refractivity (Wildman–Crippen MR) is 89.9 cm³/mol. The van der Waals surface area contributed by atoms with Gasteiger partial charge >= 0.3 is 0 Å². The van der Waals surface area contributed by atoms with Crippen LogP contribution in [0.5, 0.6) is 0 Å². The highest BCUT2D eigenvalue weighted by molar-refractivity contribution is 7.13. The molecule has 2 aromatic heterocycles. The molecule has 0 aliphatic heterocycles. The fourth-order valence-electron chi connectivity index (χ4n) is 3.11. The molecule has 1 aromatic carbocycles. The Morgan fingerprint density at radius 2 is 2.05 bits per heavy atom. The highest BCUT2D eigenvalue weighted by atomic mass is 32.1. The van der Waals surface area contributed by atoms with E-state index in [-0.39, 0.29) is 0 Å². The molecule has 4 heteroatoms. The van der Waals surface area contributed by atoms with Gasteiger partial charge in [0.05, 0.1) is 15.9 Å². The van der Waals surface area contributed by atoms with E-state index in [2.05, 4.69) is 51.0 Å². The first-order valence-electron chi connectivity index (χ1n) is 7.69. The van der Waals surface area contributed by atoms with Crippen molar-refractivity contribution in [3.05, 3.63) is 35.7 Å². The van der Waals surface area contributed by atoms with Crippen LogP contribution in [0.4, 0.5) is 5.69 Å². The number of hydrogen-bond donors (Lipinski definition) is 2. The zero-order valence-corrected chi connectivity index (χ0v) is 12.7. The van der Waals surface area contributed by atoms with Gasteiger partial charge in [-0.1, -0.05) is 25.3 Å². The van der Waals surface area contributed by atoms with Crippen LogP contribution in [-0.2, 0) is 0 Å². The molecule has 0 spiro atoms. The zero-order valence-electron chi connectivity index (χ0n) is 11.9. The van der Waals surface area contributed by atoms with Crippen LogP contribution in [0.3, 0.4) is 0 Å². The number of rotatable bonds is 3. The number of imidazole rings is 1. The summed E-state index contributed by atoms with van der Waals surface area (Å²) in [5.74, 6) is 0.967. The third kappa shape index (κ3) is 2.68. The molecule has 21 heavy (non-hydrogen) atoms. The molecule has 0 radical (unpaired) electrons. The number of aromatic amines is 1. The van der Waals surface area contributed by atoms with Crippen LogP contribution in [0.15, 0.2) is 35.7 Å². The first-order chi connectivity index (χ1) is 10.4. The average molecular weight is 297 g/mol. The Bertz CT molecular complexity index is 724. The topological polar surface area (TPSA) is 40.7 Å². The van der Waals surface area contributed by atoms with Crippen LogP contribution in [0.1, 0.15) is 32.1 Å². The summed E-state index contributed by atoms with van der Waals surface area (Å²) in [6.07, 6.45) is 6.68. The highest BCUT2D eigenvalue weighted by Gasteiger charge is 2.13. The number of thiophene rings is 1. The van der Waals surface area contributed by atoms with Crippen molar-refractivity contribution in [2.75, 3.05) is 5.32 Å². The lowest BCUT2D eigenvalue weighted by Gasteiger charge is -2.23. The normalized spacial score (nSPS) is 16.4. The highest BCUT2D eigenvalue weighted by Crippen LogP contribution is 2.27. The number of benzene rings is 1. The number of nitrogens with one attached hydrogen (secondary N) is 2. The average Bonchev–Trinajstić information content (AvgIpc) is 3.17. The van der Waals surface area contributed by atoms with Gasteiger partial charge < -0.3 is 10.3 Å². The summed E-state index contributed by atoms with van der Waals surface area (Å²) < 4.78 is 0. The van der Waals surface area contributed by atoms with Crippen LogP contribution < -0.4 is 5.32 Å². The fraction of sp³-hybridized carbons (Fsp3) is 0.353. The summed E-state index contributed by atoms with van der Waals surface area (Å²) >= 11 is 1.71. The van der Waals surface area contributed by atoms with Gasteiger partial charge in [-0.25, -0.2) is 4.98 Å². The number of nitrogens with zero attached hydrogens (tertiary/aromatic N) is 1. The Hall–Kier alpha value is -1.81. The largest absolute Gasteiger partial charge is 0.382 e. The van der Waals surface area contributed by atoms with Gasteiger partial charge in [-0.05, 0) is 42.5 Å². The maximum absolute atomic E-state index is 4.67. The molecular weight excluding hydrogens is 278 g/mol. The van der Waals surface area contributed by atoms with Crippen molar-refractivity contribution in [1.29, 1.82) is 0 Å². The number of aromatic nitrogens is 2. The van der Waals surface area contributed by atoms with E-state index >= 15 is 0 Å². The second-order valence-corrected chi connectivity index (χ2v) is 6.72. The van der Waals surface area contributed by atoms with Crippen molar-refractivity contribution in [3.63, 3.8) is 0 Å². The molecule has 1 fully saturated rings. The molecule has 0 atom stereocenters. The molecule has 2 N–H and O–H groups in total. The van der Waals surface area contributed by atoms with Gasteiger partial charge in [-0.2, -0.15) is 0 Å². The number of fused-ring (bicyclic) bond motifs is 1. The van der Waals surface area contributed by atoms with E-state index in [1.165, 1.54) is 42.7 Å². The molecule has 0 amide bonds. The lowest BCUT2D eigenvalue weighted by Crippen LogP contribution is -2.22. The number of anilines is 1. The molecule has 1 aliphatic carbocycles. The lowest BCUT2D eigenvalue weighted by atomic mass is 9.95. The van der Waals surface area contributed by atoms with E-state index in [0.717, 1.165) is 16.9 Å². The zero-order chi connectivity index (χ0) is 14.1. The molecule has 0 unspecified atom stereocenters. The quantitative estimate of drug-likeness (QED) is 0.711. The standard InChI is InChI=1S/C17H19N3S/c1-2-5-12(6-3-1)18-13-8-9-14-15(11-13)20-17(19-14)16-7-4-10-21-16/h4,7-12,18H,1-3,5-6H2,(H,19,20). The van der Waals surface area contributed by atoms with Crippen LogP contribution in [-0.4, -0.2) is 16.0 Å². The summed E-state index contributed by atoms with van der Waals surface area (Å²) in [6, 6.07) is 11.2. The fourth-order valence-corrected chi connectivity index (χ4v) is 3.78. The molecule has 3 aromatic rings. The van der Waals surface area contributed by atoms with Gasteiger partial charge in [0.15, 0.2) is 0 Å². The van der Waals surface area contributed by atoms with Gasteiger partial charge in [-0.3, -0.25) is 0 Å². The Labute approximate surface area is 128 Å². The van der Waals surface area contributed by atoms with Gasteiger partial charge in [0.25, 0.3) is 0 Å². The molecule has 108 valence electrons. The Morgan fingerprint density at radius 1 is 1.14 bits per heavy atom. The van der Waals surface area contributed by atoms with Crippen molar-refractivity contribution in [1.82, 2.24) is 9.97 Å². The van der Waals surface area contributed by atoms with Crippen LogP contribution >= 0.6 is 11.3 Å². The molecule has 2 heterocycles. The SMILES string of the molecule is c1csc(-c2nc3ccc(NC4CCCCC4)cc3[nH]2)c1. The predicted octanol–water partition coefficient (Wildman–Crippen LogP) is 5.04. The van der Waals surface area contributed by atoms with E-state index in [1.54, 1.807) is 11.3 Å². The summed E-state index contributed by atoms with van der Waals surface area (Å²) in [7, 11) is 0. The van der Waals surface area contributed by atoms with Crippen molar-refractivity contribution in [3.8, 4) is 10.7 Å². The van der Waals surface area contributed by atoms with Gasteiger partial charge in [0, 0.05) is 11.7 Å². The maximum atomic E-state index is 4.67. The molecule has 4 rings (SSSR count). The maximum Gasteiger partial charge on any atom is 0.148 e. The van der Waals surface area contributed by atoms with Crippen LogP contribution in [0, 0.1) is 0 Å². The van der Waals surface area contributed by atoms with Crippen molar-refractivity contribution < 1.29 is 0 Å². The van der Waals surface area contributed by atoms with Gasteiger partial charge in [0.2, 0.25) is 0 Å². The van der Waals surface area contributed by atoms with Gasteiger partial charge in [-0.15, -0.1) is 11.3 Å². The Morgan fingerprint density at radius 3 is 2.86 bits per heavy atom. The molecule has 1 saturated carbocycles. The Balaban J connectivity index is 1.60. The van der Waals surface area contributed by atoms with Crippen molar-refractivity contribution in [2.45, 2.75) is 38.1 Å². The minimum Gasteiger partial charge on any atom is -0.382 e. The molecule has 3 nitrogen and oxygen atoms in total. The molecule has 0 saturated heterocycles. The Kier molecular flexibility index (Phi) is 3.39. The summed E-state index contributed by atoms with van der Waals surface area (Å²) in [5, 5.41) is 5.75. The minimum absolute atomic E-state index is 0.635. The monoisotopic (exact) mass is 297 g/mol. The minimum atomic E-state index is 0.635. The van der Waals surface area contributed by atoms with E-state index in [0.29, 0.717) is 6.04 Å². The first-order valence-corrected chi connectivity index (χ1v) is 8.57. The van der Waals surface area contributed by atoms with Crippen LogP contribution in [0.25, 0.3) is 21.7 Å². The summed E-state index contributed by atoms with van der Waals surface area (Å²) in [5.41, 5.74) is 3.35. The van der Waals surface area contributed by atoms with Crippen molar-refractivity contribution in [2.24, 2.45) is 0 Å². The lowest BCUT2D eigenvalue weighted by molar-refractivity contribution is 0.463. The smallest absolute Gasteiger partial charge is 0.148 e. The van der Waals surface area contributed by atoms with E-state index in [4.69, 9.17) is 0 Å². The first kappa shape index (κ1) is 12.9. The second-order valence-electron chi connectivity index (χ2n) is 5.77. The number of H-pyrrole nitrogens is 1. The van der Waals surface area contributed by atoms with E-state index < -0.39 is 0 Å². The molecular formula is C17H19N3S. The third-order valence-electron chi connectivity index (χ3n) is 4.21. The van der Waals surface area contributed by atoms with Crippen molar-refractivity contribution >= 4 is 28.1 Å². The van der Waals surface area contributed by atoms with Crippen LogP contribution in [0.2, 0.25) is 0 Å². The van der Waals surface area contributed by atoms with Gasteiger partial charge in [0.1, 0.15) is 5.82 Å². The number of hydrogen-bond acceptors (Lipinski definition) is 3. The van der Waals surface area contributed by atoms with E-state index in [1.807, 2.05) is 0 Å². The second kappa shape index (κ2) is 5.53. The van der Waals surface area contributed by atoms with E-state index in [9.17, 15) is 0 Å². The summed E-state index contributed by atoms with van der Waals surface area (Å²) in [4.78, 5) is 9.29.